The summed E-state index contributed by atoms with van der Waals surface area (Å²) in [7, 11) is 0. The number of nitrogens with one attached hydrogen (secondary N) is 2. The Balaban J connectivity index is 2.59. The standard InChI is InChI=1S/C16H30N2O6/c1-3-4-5-6-7-8-12(21)18-16-13(17-10(2)20)15(23)14(22)11(9-19)24-16/h11,13-16,19,22-23H,3-9H2,1-2H3,(H,17,20)(H,18,21)/t11-,13-,14-,15-,16-/m1/s1. The van der Waals surface area contributed by atoms with Crippen molar-refractivity contribution >= 4 is 11.8 Å². The number of carbonyl (C=O) groups is 2. The Morgan fingerprint density at radius 2 is 1.71 bits per heavy atom. The minimum atomic E-state index is -1.35. The molecule has 8 heteroatoms. The molecule has 1 aliphatic rings. The van der Waals surface area contributed by atoms with Crippen LogP contribution in [0.4, 0.5) is 0 Å². The van der Waals surface area contributed by atoms with Gasteiger partial charge in [0.25, 0.3) is 0 Å². The molecule has 1 aliphatic heterocycles. The number of ether oxygens (including phenoxy) is 1. The molecule has 0 saturated carbocycles. The van der Waals surface area contributed by atoms with Gasteiger partial charge >= 0.3 is 0 Å². The normalized spacial score (nSPS) is 30.0. The monoisotopic (exact) mass is 346 g/mol. The summed E-state index contributed by atoms with van der Waals surface area (Å²) < 4.78 is 5.44. The first-order valence-electron chi connectivity index (χ1n) is 8.59. The number of unbranched alkanes of at least 4 members (excludes halogenated alkanes) is 4. The van der Waals surface area contributed by atoms with Crippen LogP contribution in [0.25, 0.3) is 0 Å². The lowest BCUT2D eigenvalue weighted by atomic mass is 9.95. The lowest BCUT2D eigenvalue weighted by Gasteiger charge is -2.42. The number of hydrogen-bond acceptors (Lipinski definition) is 6. The first-order valence-corrected chi connectivity index (χ1v) is 8.59. The molecule has 0 aromatic rings. The molecule has 140 valence electrons. The molecule has 2 amide bonds. The van der Waals surface area contributed by atoms with Crippen molar-refractivity contribution < 1.29 is 29.6 Å². The van der Waals surface area contributed by atoms with E-state index in [9.17, 15) is 24.9 Å². The topological polar surface area (TPSA) is 128 Å². The molecule has 24 heavy (non-hydrogen) atoms. The lowest BCUT2D eigenvalue weighted by molar-refractivity contribution is -0.203. The molecule has 0 aliphatic carbocycles. The molecular formula is C16H30N2O6. The zero-order chi connectivity index (χ0) is 18.1. The minimum absolute atomic E-state index is 0.257. The minimum Gasteiger partial charge on any atom is -0.394 e. The van der Waals surface area contributed by atoms with Crippen LogP contribution < -0.4 is 10.6 Å². The van der Waals surface area contributed by atoms with Gasteiger partial charge in [0.05, 0.1) is 6.61 Å². The molecule has 1 rings (SSSR count). The quantitative estimate of drug-likeness (QED) is 0.355. The van der Waals surface area contributed by atoms with Crippen molar-refractivity contribution in [2.75, 3.05) is 6.61 Å². The van der Waals surface area contributed by atoms with Crippen LogP contribution in [-0.2, 0) is 14.3 Å². The fraction of sp³-hybridized carbons (Fsp3) is 0.875. The van der Waals surface area contributed by atoms with Crippen LogP contribution >= 0.6 is 0 Å². The van der Waals surface area contributed by atoms with Crippen LogP contribution in [0.15, 0.2) is 0 Å². The van der Waals surface area contributed by atoms with Gasteiger partial charge in [-0.05, 0) is 6.42 Å². The SMILES string of the molecule is CCCCCCCC(=O)N[C@@H]1O[C@H](CO)[C@@H](O)[C@H](O)[C@H]1NC(C)=O. The van der Waals surface area contributed by atoms with Crippen LogP contribution in [0, 0.1) is 0 Å². The van der Waals surface area contributed by atoms with Gasteiger partial charge in [-0.15, -0.1) is 0 Å². The maximum atomic E-state index is 12.0. The zero-order valence-corrected chi connectivity index (χ0v) is 14.4. The first kappa shape index (κ1) is 20.8. The van der Waals surface area contributed by atoms with Crippen LogP contribution in [0.5, 0.6) is 0 Å². The fourth-order valence-corrected chi connectivity index (χ4v) is 2.76. The van der Waals surface area contributed by atoms with Gasteiger partial charge in [-0.25, -0.2) is 0 Å². The Morgan fingerprint density at radius 3 is 2.29 bits per heavy atom. The molecule has 0 unspecified atom stereocenters. The third-order valence-corrected chi connectivity index (χ3v) is 4.11. The third-order valence-electron chi connectivity index (χ3n) is 4.11. The molecule has 0 bridgehead atoms. The molecule has 1 fully saturated rings. The van der Waals surface area contributed by atoms with Gasteiger partial charge in [-0.1, -0.05) is 32.6 Å². The van der Waals surface area contributed by atoms with E-state index in [0.29, 0.717) is 6.42 Å². The maximum Gasteiger partial charge on any atom is 0.222 e. The van der Waals surface area contributed by atoms with E-state index in [1.165, 1.54) is 6.92 Å². The van der Waals surface area contributed by atoms with E-state index >= 15 is 0 Å². The first-order chi connectivity index (χ1) is 11.4. The smallest absolute Gasteiger partial charge is 0.222 e. The van der Waals surface area contributed by atoms with Gasteiger partial charge < -0.3 is 30.7 Å². The molecule has 0 aromatic heterocycles. The number of amides is 2. The van der Waals surface area contributed by atoms with E-state index in [0.717, 1.165) is 32.1 Å². The van der Waals surface area contributed by atoms with E-state index in [-0.39, 0.29) is 5.91 Å². The molecule has 0 radical (unpaired) electrons. The predicted molar refractivity (Wildman–Crippen MR) is 86.9 cm³/mol. The van der Waals surface area contributed by atoms with Crippen LogP contribution in [0.1, 0.15) is 52.4 Å². The second-order valence-corrected chi connectivity index (χ2v) is 6.22. The van der Waals surface area contributed by atoms with E-state index in [2.05, 4.69) is 17.6 Å². The van der Waals surface area contributed by atoms with Gasteiger partial charge in [0.15, 0.2) is 6.23 Å². The zero-order valence-electron chi connectivity index (χ0n) is 14.4. The summed E-state index contributed by atoms with van der Waals surface area (Å²) in [5.41, 5.74) is 0. The van der Waals surface area contributed by atoms with E-state index in [1.807, 2.05) is 0 Å². The third kappa shape index (κ3) is 6.35. The van der Waals surface area contributed by atoms with Gasteiger partial charge in [0, 0.05) is 13.3 Å². The van der Waals surface area contributed by atoms with Crippen molar-refractivity contribution in [3.63, 3.8) is 0 Å². The summed E-state index contributed by atoms with van der Waals surface area (Å²) in [6.45, 7) is 2.88. The highest BCUT2D eigenvalue weighted by atomic mass is 16.5. The molecule has 1 heterocycles. The highest BCUT2D eigenvalue weighted by Crippen LogP contribution is 2.20. The molecule has 8 nitrogen and oxygen atoms in total. The van der Waals surface area contributed by atoms with Gasteiger partial charge in [0.2, 0.25) is 11.8 Å². The predicted octanol–water partition coefficient (Wildman–Crippen LogP) is -0.593. The van der Waals surface area contributed by atoms with Gasteiger partial charge in [-0.3, -0.25) is 9.59 Å². The van der Waals surface area contributed by atoms with E-state index < -0.39 is 43.1 Å². The highest BCUT2D eigenvalue weighted by molar-refractivity contribution is 5.76. The van der Waals surface area contributed by atoms with E-state index in [1.54, 1.807) is 0 Å². The molecule has 0 spiro atoms. The largest absolute Gasteiger partial charge is 0.394 e. The Hall–Kier alpha value is -1.22. The van der Waals surface area contributed by atoms with E-state index in [4.69, 9.17) is 4.74 Å². The highest BCUT2D eigenvalue weighted by Gasteiger charge is 2.45. The Kier molecular flexibility index (Phi) is 9.20. The average molecular weight is 346 g/mol. The summed E-state index contributed by atoms with van der Waals surface area (Å²) in [4.78, 5) is 23.3. The fourth-order valence-electron chi connectivity index (χ4n) is 2.76. The van der Waals surface area contributed by atoms with Gasteiger partial charge in [0.1, 0.15) is 24.4 Å². The van der Waals surface area contributed by atoms with Crippen molar-refractivity contribution in [2.24, 2.45) is 0 Å². The summed E-state index contributed by atoms with van der Waals surface area (Å²) >= 11 is 0. The Morgan fingerprint density at radius 1 is 1.04 bits per heavy atom. The number of aliphatic hydroxyl groups excluding tert-OH is 3. The summed E-state index contributed by atoms with van der Waals surface area (Å²) in [5, 5.41) is 34.4. The van der Waals surface area contributed by atoms with Crippen molar-refractivity contribution in [3.8, 4) is 0 Å². The maximum absolute atomic E-state index is 12.0. The summed E-state index contributed by atoms with van der Waals surface area (Å²) in [6.07, 6.45) is 0.634. The Bertz CT molecular complexity index is 406. The molecule has 0 aromatic carbocycles. The Labute approximate surface area is 142 Å². The second kappa shape index (κ2) is 10.6. The average Bonchev–Trinajstić information content (AvgIpc) is 2.53. The molecule has 5 N–H and O–H groups in total. The van der Waals surface area contributed by atoms with Crippen molar-refractivity contribution in [3.05, 3.63) is 0 Å². The van der Waals surface area contributed by atoms with Crippen molar-refractivity contribution in [1.29, 1.82) is 0 Å². The van der Waals surface area contributed by atoms with Crippen LogP contribution in [0.2, 0.25) is 0 Å². The second-order valence-electron chi connectivity index (χ2n) is 6.22. The van der Waals surface area contributed by atoms with Gasteiger partial charge in [-0.2, -0.15) is 0 Å². The molecular weight excluding hydrogens is 316 g/mol. The lowest BCUT2D eigenvalue weighted by Crippen LogP contribution is -2.68. The van der Waals surface area contributed by atoms with Crippen LogP contribution in [-0.4, -0.2) is 64.3 Å². The van der Waals surface area contributed by atoms with Crippen molar-refractivity contribution in [2.45, 2.75) is 83.0 Å². The summed E-state index contributed by atoms with van der Waals surface area (Å²) in [6, 6.07) is -0.982. The number of hydrogen-bond donors (Lipinski definition) is 5. The molecule has 1 saturated heterocycles. The summed E-state index contributed by atoms with van der Waals surface area (Å²) in [5.74, 6) is -0.678. The van der Waals surface area contributed by atoms with Crippen LogP contribution in [0.3, 0.4) is 0 Å². The van der Waals surface area contributed by atoms with Crippen molar-refractivity contribution in [1.82, 2.24) is 10.6 Å². The number of carbonyl (C=O) groups excluding carboxylic acids is 2. The number of rotatable bonds is 9. The molecule has 5 atom stereocenters. The number of aliphatic hydroxyl groups is 3.